The second-order valence-corrected chi connectivity index (χ2v) is 8.63. The lowest BCUT2D eigenvalue weighted by atomic mass is 9.72. The third-order valence-electron chi connectivity index (χ3n) is 6.48. The van der Waals surface area contributed by atoms with Crippen LogP contribution in [0.1, 0.15) is 34.6 Å². The van der Waals surface area contributed by atoms with E-state index in [1.807, 2.05) is 70.7 Å². The number of aromatic hydroxyl groups is 1. The lowest BCUT2D eigenvalue weighted by molar-refractivity contribution is -0.0115. The largest absolute Gasteiger partial charge is 0.512 e. The standard InChI is InChI=1S/C27H30N2O2/c1-28(2)27(29(3)4)18-24(31)26(22-17-21(30)15-16-23(22)27)25(19-11-7-5-8-12-19)20-13-9-6-10-14-20/h5-17,25,30-31H,18H2,1-4H3. The number of aliphatic hydroxyl groups is 1. The van der Waals surface area contributed by atoms with Crippen molar-refractivity contribution in [2.24, 2.45) is 0 Å². The van der Waals surface area contributed by atoms with Crippen LogP contribution in [0.25, 0.3) is 5.57 Å². The van der Waals surface area contributed by atoms with Crippen LogP contribution in [-0.2, 0) is 5.66 Å². The van der Waals surface area contributed by atoms with Crippen molar-refractivity contribution in [3.05, 3.63) is 107 Å². The van der Waals surface area contributed by atoms with Crippen molar-refractivity contribution in [1.29, 1.82) is 0 Å². The number of phenols is 1. The van der Waals surface area contributed by atoms with Gasteiger partial charge in [-0.2, -0.15) is 0 Å². The molecule has 0 heterocycles. The van der Waals surface area contributed by atoms with Gasteiger partial charge in [0.1, 0.15) is 17.2 Å². The van der Waals surface area contributed by atoms with Gasteiger partial charge in [-0.1, -0.05) is 66.7 Å². The van der Waals surface area contributed by atoms with Crippen molar-refractivity contribution in [2.45, 2.75) is 18.0 Å². The first-order valence-corrected chi connectivity index (χ1v) is 10.6. The molecular formula is C27H30N2O2. The first kappa shape index (κ1) is 21.2. The van der Waals surface area contributed by atoms with E-state index in [1.54, 1.807) is 12.1 Å². The number of hydrogen-bond acceptors (Lipinski definition) is 4. The Balaban J connectivity index is 2.03. The Labute approximate surface area is 184 Å². The van der Waals surface area contributed by atoms with Gasteiger partial charge in [-0.25, -0.2) is 0 Å². The number of aliphatic hydroxyl groups excluding tert-OH is 1. The molecule has 0 atom stereocenters. The fourth-order valence-corrected chi connectivity index (χ4v) is 5.02. The van der Waals surface area contributed by atoms with E-state index < -0.39 is 5.66 Å². The summed E-state index contributed by atoms with van der Waals surface area (Å²) in [7, 11) is 8.11. The molecule has 31 heavy (non-hydrogen) atoms. The maximum Gasteiger partial charge on any atom is 0.116 e. The molecule has 0 fully saturated rings. The molecule has 0 bridgehead atoms. The van der Waals surface area contributed by atoms with Crippen molar-refractivity contribution in [2.75, 3.05) is 28.2 Å². The Hall–Kier alpha value is -3.08. The molecule has 1 aliphatic rings. The summed E-state index contributed by atoms with van der Waals surface area (Å²) >= 11 is 0. The third kappa shape index (κ3) is 3.52. The van der Waals surface area contributed by atoms with Gasteiger partial charge in [0.2, 0.25) is 0 Å². The molecular weight excluding hydrogens is 384 g/mol. The monoisotopic (exact) mass is 414 g/mol. The highest BCUT2D eigenvalue weighted by Gasteiger charge is 2.45. The van der Waals surface area contributed by atoms with E-state index in [2.05, 4.69) is 34.1 Å². The number of allylic oxidation sites excluding steroid dienone is 1. The molecule has 0 saturated heterocycles. The molecule has 3 aromatic rings. The number of benzene rings is 3. The molecule has 0 aromatic heterocycles. The number of hydrogen-bond donors (Lipinski definition) is 2. The molecule has 0 saturated carbocycles. The molecule has 4 rings (SSSR count). The van der Waals surface area contributed by atoms with Crippen LogP contribution < -0.4 is 0 Å². The van der Waals surface area contributed by atoms with E-state index in [9.17, 15) is 10.2 Å². The Bertz CT molecular complexity index is 1040. The zero-order valence-electron chi connectivity index (χ0n) is 18.6. The molecule has 0 spiro atoms. The van der Waals surface area contributed by atoms with Crippen LogP contribution in [0.3, 0.4) is 0 Å². The van der Waals surface area contributed by atoms with E-state index in [-0.39, 0.29) is 11.7 Å². The maximum atomic E-state index is 11.6. The molecule has 3 aromatic carbocycles. The van der Waals surface area contributed by atoms with Crippen molar-refractivity contribution >= 4 is 5.57 Å². The molecule has 0 aliphatic heterocycles. The summed E-state index contributed by atoms with van der Waals surface area (Å²) in [5.74, 6) is 0.390. The summed E-state index contributed by atoms with van der Waals surface area (Å²) in [6.45, 7) is 0. The molecule has 1 aliphatic carbocycles. The topological polar surface area (TPSA) is 46.9 Å². The minimum atomic E-state index is -0.519. The average Bonchev–Trinajstić information content (AvgIpc) is 2.76. The predicted octanol–water partition coefficient (Wildman–Crippen LogP) is 5.17. The lowest BCUT2D eigenvalue weighted by Crippen LogP contribution is -2.54. The van der Waals surface area contributed by atoms with Crippen molar-refractivity contribution in [3.8, 4) is 5.75 Å². The number of rotatable bonds is 5. The van der Waals surface area contributed by atoms with E-state index in [4.69, 9.17) is 0 Å². The van der Waals surface area contributed by atoms with Crippen molar-refractivity contribution in [1.82, 2.24) is 9.80 Å². The second kappa shape index (κ2) is 8.22. The summed E-state index contributed by atoms with van der Waals surface area (Å²) in [5, 5.41) is 22.0. The highest BCUT2D eigenvalue weighted by molar-refractivity contribution is 5.81. The summed E-state index contributed by atoms with van der Waals surface area (Å²) in [6.07, 6.45) is 0.455. The highest BCUT2D eigenvalue weighted by atomic mass is 16.3. The summed E-state index contributed by atoms with van der Waals surface area (Å²) in [4.78, 5) is 4.27. The van der Waals surface area contributed by atoms with Crippen molar-refractivity contribution < 1.29 is 10.2 Å². The normalized spacial score (nSPS) is 15.6. The van der Waals surface area contributed by atoms with E-state index in [0.29, 0.717) is 12.2 Å². The average molecular weight is 415 g/mol. The Morgan fingerprint density at radius 3 is 1.74 bits per heavy atom. The first-order chi connectivity index (χ1) is 14.9. The van der Waals surface area contributed by atoms with Gasteiger partial charge in [0, 0.05) is 17.9 Å². The van der Waals surface area contributed by atoms with E-state index in [0.717, 1.165) is 27.8 Å². The number of nitrogens with zero attached hydrogens (tertiary/aromatic N) is 2. The van der Waals surface area contributed by atoms with E-state index in [1.165, 1.54) is 0 Å². The summed E-state index contributed by atoms with van der Waals surface area (Å²) < 4.78 is 0. The minimum Gasteiger partial charge on any atom is -0.512 e. The SMILES string of the molecule is CN(C)C1(N(C)C)CC(O)=C(C(c2ccccc2)c2ccccc2)c2cc(O)ccc21. The van der Waals surface area contributed by atoms with Gasteiger partial charge in [0.15, 0.2) is 0 Å². The summed E-state index contributed by atoms with van der Waals surface area (Å²) in [5.41, 5.74) is 4.49. The van der Waals surface area contributed by atoms with Crippen molar-refractivity contribution in [3.63, 3.8) is 0 Å². The molecule has 0 unspecified atom stereocenters. The second-order valence-electron chi connectivity index (χ2n) is 8.63. The van der Waals surface area contributed by atoms with Crippen LogP contribution >= 0.6 is 0 Å². The van der Waals surface area contributed by atoms with Gasteiger partial charge in [0.05, 0.1) is 0 Å². The molecule has 0 amide bonds. The molecule has 2 N–H and O–H groups in total. The van der Waals surface area contributed by atoms with Crippen LogP contribution in [0, 0.1) is 0 Å². The zero-order valence-corrected chi connectivity index (χ0v) is 18.6. The molecule has 4 nitrogen and oxygen atoms in total. The maximum absolute atomic E-state index is 11.6. The van der Waals surface area contributed by atoms with Gasteiger partial charge < -0.3 is 10.2 Å². The zero-order chi connectivity index (χ0) is 22.2. The highest BCUT2D eigenvalue weighted by Crippen LogP contribution is 2.51. The van der Waals surface area contributed by atoms with Gasteiger partial charge in [-0.15, -0.1) is 0 Å². The fraction of sp³-hybridized carbons (Fsp3) is 0.259. The first-order valence-electron chi connectivity index (χ1n) is 10.6. The Kier molecular flexibility index (Phi) is 5.61. The lowest BCUT2D eigenvalue weighted by Gasteiger charge is -2.49. The van der Waals surface area contributed by atoms with Crippen LogP contribution in [0.15, 0.2) is 84.6 Å². The molecule has 0 radical (unpaired) electrons. The summed E-state index contributed by atoms with van der Waals surface area (Å²) in [6, 6.07) is 26.0. The molecule has 4 heteroatoms. The van der Waals surface area contributed by atoms with Gasteiger partial charge in [-0.3, -0.25) is 9.80 Å². The van der Waals surface area contributed by atoms with E-state index >= 15 is 0 Å². The Morgan fingerprint density at radius 1 is 0.742 bits per heavy atom. The fourth-order valence-electron chi connectivity index (χ4n) is 5.02. The van der Waals surface area contributed by atoms with Crippen LogP contribution in [0.4, 0.5) is 0 Å². The van der Waals surface area contributed by atoms with Gasteiger partial charge >= 0.3 is 0 Å². The third-order valence-corrected chi connectivity index (χ3v) is 6.48. The van der Waals surface area contributed by atoms with Crippen LogP contribution in [0.2, 0.25) is 0 Å². The Morgan fingerprint density at radius 2 is 1.26 bits per heavy atom. The molecule has 160 valence electrons. The van der Waals surface area contributed by atoms with Gasteiger partial charge in [-0.05, 0) is 62.6 Å². The van der Waals surface area contributed by atoms with Crippen LogP contribution in [-0.4, -0.2) is 48.2 Å². The quantitative estimate of drug-likeness (QED) is 0.565. The van der Waals surface area contributed by atoms with Crippen LogP contribution in [0.5, 0.6) is 5.75 Å². The van der Waals surface area contributed by atoms with Gasteiger partial charge in [0.25, 0.3) is 0 Å². The number of phenolic OH excluding ortho intramolecular Hbond substituents is 1. The number of fused-ring (bicyclic) bond motifs is 1. The smallest absolute Gasteiger partial charge is 0.116 e. The minimum absolute atomic E-state index is 0.148. The predicted molar refractivity (Wildman–Crippen MR) is 126 cm³/mol.